The van der Waals surface area contributed by atoms with Crippen molar-refractivity contribution in [3.8, 4) is 5.75 Å². The summed E-state index contributed by atoms with van der Waals surface area (Å²) >= 11 is 5.74. The third-order valence-corrected chi connectivity index (χ3v) is 5.78. The van der Waals surface area contributed by atoms with Crippen molar-refractivity contribution in [2.75, 3.05) is 4.90 Å². The summed E-state index contributed by atoms with van der Waals surface area (Å²) < 4.78 is 2.17. The zero-order chi connectivity index (χ0) is 21.2. The van der Waals surface area contributed by atoms with Crippen molar-refractivity contribution >= 4 is 23.0 Å². The first-order valence-corrected chi connectivity index (χ1v) is 10.5. The van der Waals surface area contributed by atoms with E-state index in [1.807, 2.05) is 65.7 Å². The van der Waals surface area contributed by atoms with Crippen molar-refractivity contribution in [3.63, 3.8) is 0 Å². The molecule has 0 saturated carbocycles. The van der Waals surface area contributed by atoms with Gasteiger partial charge in [0.15, 0.2) is 5.11 Å². The third kappa shape index (κ3) is 3.64. The van der Waals surface area contributed by atoms with Crippen molar-refractivity contribution < 1.29 is 5.11 Å². The number of hydrogen-bond donors (Lipinski definition) is 2. The molecule has 0 aliphatic carbocycles. The molecule has 2 atom stereocenters. The van der Waals surface area contributed by atoms with Gasteiger partial charge in [0, 0.05) is 24.3 Å². The predicted molar refractivity (Wildman–Crippen MR) is 124 cm³/mol. The number of nitrogens with one attached hydrogen (secondary N) is 1. The molecule has 2 N–H and O–H groups in total. The minimum atomic E-state index is -0.200. The molecule has 0 unspecified atom stereocenters. The number of phenolic OH excluding ortho intramolecular Hbond substituents is 1. The smallest absolute Gasteiger partial charge is 0.174 e. The first-order chi connectivity index (χ1) is 15.2. The maximum Gasteiger partial charge on any atom is 0.174 e. The van der Waals surface area contributed by atoms with Crippen molar-refractivity contribution in [3.05, 3.63) is 108 Å². The van der Waals surface area contributed by atoms with E-state index in [0.717, 1.165) is 17.1 Å². The lowest BCUT2D eigenvalue weighted by Crippen LogP contribution is -2.30. The molecular weight excluding hydrogens is 406 g/mol. The molecular formula is C24H21N5OS. The van der Waals surface area contributed by atoms with E-state index in [1.54, 1.807) is 24.5 Å². The van der Waals surface area contributed by atoms with E-state index in [0.29, 0.717) is 17.3 Å². The first-order valence-electron chi connectivity index (χ1n) is 10.1. The summed E-state index contributed by atoms with van der Waals surface area (Å²) in [5, 5.41) is 14.6. The highest BCUT2D eigenvalue weighted by Crippen LogP contribution is 2.44. The number of thiocarbonyl (C=S) groups is 1. The minimum absolute atomic E-state index is 0.175. The molecule has 154 valence electrons. The molecule has 4 heterocycles. The lowest BCUT2D eigenvalue weighted by molar-refractivity contribution is 0.471. The Labute approximate surface area is 185 Å². The van der Waals surface area contributed by atoms with E-state index in [9.17, 15) is 5.11 Å². The Morgan fingerprint density at radius 3 is 2.42 bits per heavy atom. The molecule has 1 aromatic carbocycles. The van der Waals surface area contributed by atoms with Gasteiger partial charge >= 0.3 is 0 Å². The molecule has 1 fully saturated rings. The number of rotatable bonds is 5. The molecule has 6 nitrogen and oxygen atoms in total. The van der Waals surface area contributed by atoms with E-state index in [-0.39, 0.29) is 17.8 Å². The van der Waals surface area contributed by atoms with E-state index in [4.69, 9.17) is 12.2 Å². The summed E-state index contributed by atoms with van der Waals surface area (Å²) in [7, 11) is 0. The Kier molecular flexibility index (Phi) is 5.09. The number of aromatic hydroxyl groups is 1. The monoisotopic (exact) mass is 427 g/mol. The van der Waals surface area contributed by atoms with Crippen LogP contribution in [0.1, 0.15) is 29.2 Å². The fourth-order valence-electron chi connectivity index (χ4n) is 4.09. The highest BCUT2D eigenvalue weighted by molar-refractivity contribution is 7.80. The van der Waals surface area contributed by atoms with Gasteiger partial charge in [0.1, 0.15) is 11.8 Å². The molecule has 1 saturated heterocycles. The van der Waals surface area contributed by atoms with Gasteiger partial charge < -0.3 is 19.9 Å². The Morgan fingerprint density at radius 1 is 0.903 bits per heavy atom. The topological polar surface area (TPSA) is 66.2 Å². The highest BCUT2D eigenvalue weighted by Gasteiger charge is 2.42. The minimum Gasteiger partial charge on any atom is -0.506 e. The molecule has 0 amide bonds. The maximum absolute atomic E-state index is 10.6. The molecule has 3 aromatic heterocycles. The number of para-hydroxylation sites is 2. The van der Waals surface area contributed by atoms with Gasteiger partial charge in [0.25, 0.3) is 0 Å². The van der Waals surface area contributed by atoms with Crippen LogP contribution in [0.5, 0.6) is 5.75 Å². The lowest BCUT2D eigenvalue weighted by Gasteiger charge is -2.29. The second kappa shape index (κ2) is 8.20. The molecule has 4 aromatic rings. The van der Waals surface area contributed by atoms with Gasteiger partial charge in [-0.3, -0.25) is 9.97 Å². The number of phenols is 1. The average Bonchev–Trinajstić information content (AvgIpc) is 3.39. The van der Waals surface area contributed by atoms with Crippen LogP contribution in [0, 0.1) is 0 Å². The van der Waals surface area contributed by atoms with Crippen molar-refractivity contribution in [2.45, 2.75) is 18.6 Å². The van der Waals surface area contributed by atoms with Crippen molar-refractivity contribution in [1.29, 1.82) is 0 Å². The van der Waals surface area contributed by atoms with Crippen molar-refractivity contribution in [1.82, 2.24) is 19.9 Å². The first kappa shape index (κ1) is 19.3. The Balaban J connectivity index is 1.62. The summed E-state index contributed by atoms with van der Waals surface area (Å²) in [5.74, 6) is 0.182. The van der Waals surface area contributed by atoms with Gasteiger partial charge in [-0.15, -0.1) is 0 Å². The molecule has 5 rings (SSSR count). The van der Waals surface area contributed by atoms with Gasteiger partial charge in [-0.25, -0.2) is 0 Å². The highest BCUT2D eigenvalue weighted by atomic mass is 32.1. The van der Waals surface area contributed by atoms with Crippen LogP contribution in [0.2, 0.25) is 0 Å². The van der Waals surface area contributed by atoms with Crippen LogP contribution in [0.4, 0.5) is 5.69 Å². The second-order valence-corrected chi connectivity index (χ2v) is 7.75. The van der Waals surface area contributed by atoms with Gasteiger partial charge in [0.2, 0.25) is 0 Å². The fourth-order valence-corrected chi connectivity index (χ4v) is 4.43. The van der Waals surface area contributed by atoms with Crippen LogP contribution in [0.25, 0.3) is 0 Å². The van der Waals surface area contributed by atoms with Crippen LogP contribution in [0.15, 0.2) is 91.4 Å². The standard InChI is InChI=1S/C24H21N5OS/c30-21-12-2-1-10-19(21)29-23(22(27-24(29)31)18-9-4-6-14-26-18)20-11-7-15-28(20)16-17-8-3-5-13-25-17/h1-15,22-23,30H,16H2,(H,27,31)/t22-,23-/m0/s1. The number of hydrogen-bond acceptors (Lipinski definition) is 4. The molecule has 31 heavy (non-hydrogen) atoms. The normalized spacial score (nSPS) is 18.2. The number of nitrogens with zero attached hydrogens (tertiary/aromatic N) is 4. The van der Waals surface area contributed by atoms with E-state index >= 15 is 0 Å². The summed E-state index contributed by atoms with van der Waals surface area (Å²) in [4.78, 5) is 11.0. The SMILES string of the molecule is Oc1ccccc1N1C(=S)N[C@@H](c2ccccn2)[C@@H]1c1cccn1Cc1ccccn1. The molecule has 0 bridgehead atoms. The van der Waals surface area contributed by atoms with Crippen LogP contribution >= 0.6 is 12.2 Å². The van der Waals surface area contributed by atoms with Gasteiger partial charge in [0.05, 0.1) is 29.7 Å². The van der Waals surface area contributed by atoms with E-state index < -0.39 is 0 Å². The summed E-state index contributed by atoms with van der Waals surface area (Å²) in [6.07, 6.45) is 5.63. The number of pyridine rings is 2. The molecule has 0 radical (unpaired) electrons. The molecule has 1 aliphatic rings. The average molecular weight is 428 g/mol. The van der Waals surface area contributed by atoms with Crippen LogP contribution in [-0.2, 0) is 6.54 Å². The Bertz CT molecular complexity index is 1190. The van der Waals surface area contributed by atoms with Gasteiger partial charge in [-0.1, -0.05) is 24.3 Å². The quantitative estimate of drug-likeness (QED) is 0.465. The second-order valence-electron chi connectivity index (χ2n) is 7.37. The summed E-state index contributed by atoms with van der Waals surface area (Å²) in [6, 6.07) is 22.8. The number of benzene rings is 1. The largest absolute Gasteiger partial charge is 0.506 e. The summed E-state index contributed by atoms with van der Waals surface area (Å²) in [5.41, 5.74) is 3.57. The third-order valence-electron chi connectivity index (χ3n) is 5.47. The number of anilines is 1. The molecule has 7 heteroatoms. The van der Waals surface area contributed by atoms with Crippen molar-refractivity contribution in [2.24, 2.45) is 0 Å². The zero-order valence-corrected chi connectivity index (χ0v) is 17.5. The lowest BCUT2D eigenvalue weighted by atomic mass is 10.0. The molecule has 1 aliphatic heterocycles. The molecule has 0 spiro atoms. The predicted octanol–water partition coefficient (Wildman–Crippen LogP) is 4.21. The Hall–Kier alpha value is -3.71. The van der Waals surface area contributed by atoms with Crippen LogP contribution in [0.3, 0.4) is 0 Å². The zero-order valence-electron chi connectivity index (χ0n) is 16.7. The van der Waals surface area contributed by atoms with Crippen LogP contribution in [-0.4, -0.2) is 24.8 Å². The van der Waals surface area contributed by atoms with E-state index in [1.165, 1.54) is 0 Å². The number of aromatic nitrogens is 3. The summed E-state index contributed by atoms with van der Waals surface area (Å²) in [6.45, 7) is 0.635. The maximum atomic E-state index is 10.6. The van der Waals surface area contributed by atoms with Crippen LogP contribution < -0.4 is 10.2 Å². The van der Waals surface area contributed by atoms with E-state index in [2.05, 4.69) is 25.9 Å². The van der Waals surface area contributed by atoms with Gasteiger partial charge in [-0.2, -0.15) is 0 Å². The van der Waals surface area contributed by atoms with Gasteiger partial charge in [-0.05, 0) is 60.7 Å². The fraction of sp³-hybridized carbons (Fsp3) is 0.125. The Morgan fingerprint density at radius 2 is 1.68 bits per heavy atom.